The van der Waals surface area contributed by atoms with Gasteiger partial charge in [-0.2, -0.15) is 8.75 Å². The minimum Gasteiger partial charge on any atom is -0.325 e. The molecule has 4 nitrogen and oxygen atoms in total. The van der Waals surface area contributed by atoms with E-state index >= 15 is 0 Å². The molecule has 0 saturated heterocycles. The van der Waals surface area contributed by atoms with Crippen molar-refractivity contribution in [2.45, 2.75) is 32.4 Å². The molecule has 1 aromatic carbocycles. The zero-order valence-corrected chi connectivity index (χ0v) is 14.1. The topological polar surface area (TPSA) is 54.9 Å². The second-order valence-corrected chi connectivity index (χ2v) is 6.63. The molecular formula is C15H19N3OS2. The molecule has 1 aromatic heterocycles. The zero-order chi connectivity index (χ0) is 15.2. The Bertz CT molecular complexity index is 593. The third kappa shape index (κ3) is 4.82. The summed E-state index contributed by atoms with van der Waals surface area (Å²) in [4.78, 5) is 11.9. The highest BCUT2D eigenvalue weighted by molar-refractivity contribution is 7.99. The molecule has 0 spiro atoms. The predicted molar refractivity (Wildman–Crippen MR) is 90.0 cm³/mol. The fraction of sp³-hybridized carbons (Fsp3) is 0.400. The number of benzene rings is 1. The Kier molecular flexibility index (Phi) is 5.76. The van der Waals surface area contributed by atoms with E-state index in [1.54, 1.807) is 11.8 Å². The van der Waals surface area contributed by atoms with E-state index in [0.717, 1.165) is 22.8 Å². The Morgan fingerprint density at radius 3 is 2.57 bits per heavy atom. The number of carbonyl (C=O) groups excluding carboxylic acids is 1. The lowest BCUT2D eigenvalue weighted by atomic mass is 10.0. The number of nitrogens with zero attached hydrogens (tertiary/aromatic N) is 2. The SMILES string of the molecule is Cc1nsnc1CSCC(=O)Nc1ccc(C(C)C)cc1. The van der Waals surface area contributed by atoms with Gasteiger partial charge in [0.05, 0.1) is 28.9 Å². The fourth-order valence-corrected chi connectivity index (χ4v) is 3.24. The lowest BCUT2D eigenvalue weighted by Crippen LogP contribution is -2.14. The van der Waals surface area contributed by atoms with Gasteiger partial charge in [0, 0.05) is 11.4 Å². The maximum Gasteiger partial charge on any atom is 0.234 e. The number of aromatic nitrogens is 2. The van der Waals surface area contributed by atoms with Crippen LogP contribution in [0.2, 0.25) is 0 Å². The van der Waals surface area contributed by atoms with Gasteiger partial charge in [0.15, 0.2) is 0 Å². The first-order chi connectivity index (χ1) is 10.1. The van der Waals surface area contributed by atoms with E-state index in [-0.39, 0.29) is 5.91 Å². The van der Waals surface area contributed by atoms with Gasteiger partial charge in [0.2, 0.25) is 5.91 Å². The molecule has 6 heteroatoms. The predicted octanol–water partition coefficient (Wildman–Crippen LogP) is 3.84. The Morgan fingerprint density at radius 2 is 2.00 bits per heavy atom. The highest BCUT2D eigenvalue weighted by Crippen LogP contribution is 2.18. The molecule has 1 N–H and O–H groups in total. The van der Waals surface area contributed by atoms with Crippen molar-refractivity contribution in [3.63, 3.8) is 0 Å². The Morgan fingerprint density at radius 1 is 1.29 bits per heavy atom. The van der Waals surface area contributed by atoms with Crippen LogP contribution in [-0.4, -0.2) is 20.4 Å². The molecule has 0 bridgehead atoms. The van der Waals surface area contributed by atoms with Crippen LogP contribution in [0.5, 0.6) is 0 Å². The molecule has 0 fully saturated rings. The van der Waals surface area contributed by atoms with Crippen LogP contribution >= 0.6 is 23.5 Å². The van der Waals surface area contributed by atoms with E-state index < -0.39 is 0 Å². The van der Waals surface area contributed by atoms with Crippen LogP contribution in [-0.2, 0) is 10.5 Å². The molecular weight excluding hydrogens is 302 g/mol. The van der Waals surface area contributed by atoms with Crippen molar-refractivity contribution in [3.05, 3.63) is 41.2 Å². The van der Waals surface area contributed by atoms with E-state index in [0.29, 0.717) is 11.7 Å². The Labute approximate surface area is 133 Å². The van der Waals surface area contributed by atoms with E-state index in [1.165, 1.54) is 17.3 Å². The highest BCUT2D eigenvalue weighted by atomic mass is 32.2. The summed E-state index contributed by atoms with van der Waals surface area (Å²) in [5.41, 5.74) is 4.04. The molecule has 0 aliphatic rings. The molecule has 0 unspecified atom stereocenters. The van der Waals surface area contributed by atoms with E-state index in [4.69, 9.17) is 0 Å². The van der Waals surface area contributed by atoms with Crippen LogP contribution in [0.4, 0.5) is 5.69 Å². The summed E-state index contributed by atoms with van der Waals surface area (Å²) in [6.45, 7) is 6.24. The van der Waals surface area contributed by atoms with Crippen LogP contribution in [0.1, 0.15) is 36.7 Å². The second kappa shape index (κ2) is 7.56. The third-order valence-corrected chi connectivity index (χ3v) is 4.68. The van der Waals surface area contributed by atoms with Crippen LogP contribution in [0, 0.1) is 6.92 Å². The third-order valence-electron chi connectivity index (χ3n) is 3.08. The van der Waals surface area contributed by atoms with Gasteiger partial charge in [-0.15, -0.1) is 11.8 Å². The quantitative estimate of drug-likeness (QED) is 0.878. The van der Waals surface area contributed by atoms with Crippen molar-refractivity contribution in [2.75, 3.05) is 11.1 Å². The first-order valence-corrected chi connectivity index (χ1v) is 8.70. The van der Waals surface area contributed by atoms with Gasteiger partial charge in [0.25, 0.3) is 0 Å². The number of nitrogens with one attached hydrogen (secondary N) is 1. The standard InChI is InChI=1S/C15H19N3OS2/c1-10(2)12-4-6-13(7-5-12)16-15(19)9-20-8-14-11(3)17-21-18-14/h4-7,10H,8-9H2,1-3H3,(H,16,19). The molecule has 0 aliphatic heterocycles. The average Bonchev–Trinajstić information content (AvgIpc) is 2.85. The van der Waals surface area contributed by atoms with Crippen molar-refractivity contribution < 1.29 is 4.79 Å². The van der Waals surface area contributed by atoms with Crippen molar-refractivity contribution in [1.82, 2.24) is 8.75 Å². The Balaban J connectivity index is 1.78. The lowest BCUT2D eigenvalue weighted by Gasteiger charge is -2.08. The number of hydrogen-bond donors (Lipinski definition) is 1. The number of hydrogen-bond acceptors (Lipinski definition) is 5. The van der Waals surface area contributed by atoms with Gasteiger partial charge < -0.3 is 5.32 Å². The maximum atomic E-state index is 11.9. The summed E-state index contributed by atoms with van der Waals surface area (Å²) in [6, 6.07) is 8.01. The minimum atomic E-state index is 0.0122. The van der Waals surface area contributed by atoms with E-state index in [1.807, 2.05) is 19.1 Å². The normalized spacial score (nSPS) is 10.9. The molecule has 1 heterocycles. The largest absolute Gasteiger partial charge is 0.325 e. The number of amides is 1. The molecule has 0 atom stereocenters. The van der Waals surface area contributed by atoms with Gasteiger partial charge >= 0.3 is 0 Å². The summed E-state index contributed by atoms with van der Waals surface area (Å²) in [7, 11) is 0. The maximum absolute atomic E-state index is 11.9. The fourth-order valence-electron chi connectivity index (χ4n) is 1.77. The first-order valence-electron chi connectivity index (χ1n) is 6.82. The average molecular weight is 321 g/mol. The lowest BCUT2D eigenvalue weighted by molar-refractivity contribution is -0.113. The van der Waals surface area contributed by atoms with Gasteiger partial charge in [-0.25, -0.2) is 0 Å². The van der Waals surface area contributed by atoms with Crippen LogP contribution < -0.4 is 5.32 Å². The summed E-state index contributed by atoms with van der Waals surface area (Å²) in [6.07, 6.45) is 0. The van der Waals surface area contributed by atoms with Crippen LogP contribution in [0.3, 0.4) is 0 Å². The van der Waals surface area contributed by atoms with Gasteiger partial charge in [-0.3, -0.25) is 4.79 Å². The number of thioether (sulfide) groups is 1. The first kappa shape index (κ1) is 16.0. The van der Waals surface area contributed by atoms with Crippen molar-refractivity contribution in [3.8, 4) is 0 Å². The van der Waals surface area contributed by atoms with Crippen molar-refractivity contribution in [1.29, 1.82) is 0 Å². The highest BCUT2D eigenvalue weighted by Gasteiger charge is 2.07. The van der Waals surface area contributed by atoms with Crippen LogP contribution in [0.15, 0.2) is 24.3 Å². The molecule has 0 radical (unpaired) electrons. The van der Waals surface area contributed by atoms with Crippen molar-refractivity contribution in [2.24, 2.45) is 0 Å². The summed E-state index contributed by atoms with van der Waals surface area (Å²) in [5, 5.41) is 2.91. The van der Waals surface area contributed by atoms with Crippen molar-refractivity contribution >= 4 is 35.1 Å². The molecule has 1 amide bonds. The molecule has 0 aliphatic carbocycles. The van der Waals surface area contributed by atoms with Gasteiger partial charge in [-0.05, 0) is 30.5 Å². The summed E-state index contributed by atoms with van der Waals surface area (Å²) in [5.74, 6) is 1.66. The molecule has 112 valence electrons. The molecule has 21 heavy (non-hydrogen) atoms. The monoisotopic (exact) mass is 321 g/mol. The number of anilines is 1. The summed E-state index contributed by atoms with van der Waals surface area (Å²) < 4.78 is 8.32. The number of rotatable bonds is 6. The van der Waals surface area contributed by atoms with Crippen LogP contribution in [0.25, 0.3) is 0 Å². The minimum absolute atomic E-state index is 0.0122. The number of aryl methyl sites for hydroxylation is 1. The van der Waals surface area contributed by atoms with E-state index in [9.17, 15) is 4.79 Å². The zero-order valence-electron chi connectivity index (χ0n) is 12.4. The van der Waals surface area contributed by atoms with Gasteiger partial charge in [0.1, 0.15) is 0 Å². The van der Waals surface area contributed by atoms with E-state index in [2.05, 4.69) is 40.0 Å². The second-order valence-electron chi connectivity index (χ2n) is 5.11. The van der Waals surface area contributed by atoms with Gasteiger partial charge in [-0.1, -0.05) is 26.0 Å². The molecule has 2 aromatic rings. The number of carbonyl (C=O) groups is 1. The summed E-state index contributed by atoms with van der Waals surface area (Å²) >= 11 is 2.77. The molecule has 2 rings (SSSR count). The Hall–Kier alpha value is -1.40. The smallest absolute Gasteiger partial charge is 0.234 e. The molecule has 0 saturated carbocycles.